The highest BCUT2D eigenvalue weighted by atomic mass is 16.2. The van der Waals surface area contributed by atoms with Crippen LogP contribution < -0.4 is 11.1 Å². The predicted octanol–water partition coefficient (Wildman–Crippen LogP) is 1.46. The molecule has 1 aromatic carbocycles. The van der Waals surface area contributed by atoms with Gasteiger partial charge in [-0.1, -0.05) is 19.1 Å². The van der Waals surface area contributed by atoms with Crippen LogP contribution >= 0.6 is 0 Å². The zero-order valence-electron chi connectivity index (χ0n) is 11.0. The summed E-state index contributed by atoms with van der Waals surface area (Å²) in [4.78, 5) is 16.0. The molecule has 0 saturated heterocycles. The Morgan fingerprint density at radius 3 is 2.95 bits per heavy atom. The normalized spacial score (nSPS) is 12.2. The summed E-state index contributed by atoms with van der Waals surface area (Å²) in [5.41, 5.74) is 7.20. The van der Waals surface area contributed by atoms with Crippen LogP contribution in [0.5, 0.6) is 0 Å². The van der Waals surface area contributed by atoms with Crippen LogP contribution in [0.3, 0.4) is 0 Å². The number of nitrogens with two attached hydrogens (primary N) is 1. The molecule has 4 N–H and O–H groups in total. The van der Waals surface area contributed by atoms with Crippen molar-refractivity contribution >= 4 is 11.6 Å². The van der Waals surface area contributed by atoms with Gasteiger partial charge in [0, 0.05) is 11.3 Å². The highest BCUT2D eigenvalue weighted by Gasteiger charge is 2.11. The topological polar surface area (TPSA) is 96.7 Å². The molecule has 0 aliphatic carbocycles. The number of aromatic nitrogens is 3. The average Bonchev–Trinajstić information content (AvgIpc) is 2.84. The van der Waals surface area contributed by atoms with E-state index < -0.39 is 6.04 Å². The first-order chi connectivity index (χ1) is 9.10. The molecule has 19 heavy (non-hydrogen) atoms. The van der Waals surface area contributed by atoms with Crippen molar-refractivity contribution in [2.24, 2.45) is 5.73 Å². The van der Waals surface area contributed by atoms with Crippen LogP contribution in [-0.2, 0) is 4.79 Å². The number of aryl methyl sites for hydroxylation is 1. The summed E-state index contributed by atoms with van der Waals surface area (Å²) in [6.07, 6.45) is 0.603. The first kappa shape index (κ1) is 13.2. The minimum absolute atomic E-state index is 0.189. The van der Waals surface area contributed by atoms with Crippen molar-refractivity contribution in [3.63, 3.8) is 0 Å². The van der Waals surface area contributed by atoms with Crippen LogP contribution in [0, 0.1) is 6.92 Å². The molecule has 1 amide bonds. The quantitative estimate of drug-likeness (QED) is 0.774. The maximum absolute atomic E-state index is 11.7. The second-order valence-corrected chi connectivity index (χ2v) is 4.33. The van der Waals surface area contributed by atoms with Gasteiger partial charge < -0.3 is 11.1 Å². The third kappa shape index (κ3) is 3.17. The van der Waals surface area contributed by atoms with E-state index in [1.165, 1.54) is 0 Å². The van der Waals surface area contributed by atoms with Gasteiger partial charge in [0.2, 0.25) is 5.91 Å². The molecule has 0 radical (unpaired) electrons. The predicted molar refractivity (Wildman–Crippen MR) is 73.5 cm³/mol. The Hall–Kier alpha value is -2.21. The van der Waals surface area contributed by atoms with Crippen molar-refractivity contribution < 1.29 is 4.79 Å². The summed E-state index contributed by atoms with van der Waals surface area (Å²) < 4.78 is 0. The lowest BCUT2D eigenvalue weighted by atomic mass is 10.1. The number of hydrogen-bond donors (Lipinski definition) is 3. The van der Waals surface area contributed by atoms with Gasteiger partial charge in [-0.3, -0.25) is 9.89 Å². The number of anilines is 1. The van der Waals surface area contributed by atoms with Crippen LogP contribution in [0.25, 0.3) is 11.4 Å². The van der Waals surface area contributed by atoms with Crippen molar-refractivity contribution in [1.29, 1.82) is 0 Å². The zero-order valence-corrected chi connectivity index (χ0v) is 11.0. The standard InChI is InChI=1S/C13H17N5O/c1-3-11(14)13(19)16-10-6-4-5-9(7-10)12-15-8(2)17-18-12/h4-7,11H,3,14H2,1-2H3,(H,16,19)(H,15,17,18). The fraction of sp³-hybridized carbons (Fsp3) is 0.308. The van der Waals surface area contributed by atoms with Gasteiger partial charge in [-0.25, -0.2) is 4.98 Å². The molecule has 2 rings (SSSR count). The van der Waals surface area contributed by atoms with Crippen LogP contribution in [0.15, 0.2) is 24.3 Å². The summed E-state index contributed by atoms with van der Waals surface area (Å²) in [5.74, 6) is 1.16. The summed E-state index contributed by atoms with van der Waals surface area (Å²) in [6, 6.07) is 6.87. The van der Waals surface area contributed by atoms with Gasteiger partial charge in [0.05, 0.1) is 6.04 Å². The molecule has 0 bridgehead atoms. The number of nitrogens with zero attached hydrogens (tertiary/aromatic N) is 2. The second-order valence-electron chi connectivity index (χ2n) is 4.33. The third-order valence-electron chi connectivity index (χ3n) is 2.76. The van der Waals surface area contributed by atoms with E-state index in [0.717, 1.165) is 11.4 Å². The fourth-order valence-corrected chi connectivity index (χ4v) is 1.63. The first-order valence-electron chi connectivity index (χ1n) is 6.16. The van der Waals surface area contributed by atoms with Crippen molar-refractivity contribution in [2.45, 2.75) is 26.3 Å². The van der Waals surface area contributed by atoms with Gasteiger partial charge >= 0.3 is 0 Å². The van der Waals surface area contributed by atoms with Crippen LogP contribution in [0.1, 0.15) is 19.2 Å². The molecule has 0 fully saturated rings. The number of benzene rings is 1. The molecule has 0 aliphatic heterocycles. The Morgan fingerprint density at radius 1 is 1.53 bits per heavy atom. The van der Waals surface area contributed by atoms with Crippen molar-refractivity contribution in [2.75, 3.05) is 5.32 Å². The van der Waals surface area contributed by atoms with E-state index in [2.05, 4.69) is 20.5 Å². The molecule has 100 valence electrons. The molecule has 1 unspecified atom stereocenters. The number of carbonyl (C=O) groups excluding carboxylic acids is 1. The lowest BCUT2D eigenvalue weighted by Crippen LogP contribution is -2.34. The minimum atomic E-state index is -0.491. The maximum atomic E-state index is 11.7. The molecule has 1 atom stereocenters. The summed E-state index contributed by atoms with van der Waals surface area (Å²) >= 11 is 0. The number of H-pyrrole nitrogens is 1. The van der Waals surface area contributed by atoms with Gasteiger partial charge in [0.25, 0.3) is 0 Å². The molecule has 0 aliphatic rings. The van der Waals surface area contributed by atoms with E-state index in [-0.39, 0.29) is 5.91 Å². The molecule has 1 aromatic heterocycles. The van der Waals surface area contributed by atoms with E-state index in [1.54, 1.807) is 0 Å². The van der Waals surface area contributed by atoms with Gasteiger partial charge in [-0.15, -0.1) is 0 Å². The highest BCUT2D eigenvalue weighted by molar-refractivity contribution is 5.95. The van der Waals surface area contributed by atoms with E-state index in [1.807, 2.05) is 38.1 Å². The molecule has 1 heterocycles. The number of carbonyl (C=O) groups is 1. The van der Waals surface area contributed by atoms with Crippen molar-refractivity contribution in [3.8, 4) is 11.4 Å². The third-order valence-corrected chi connectivity index (χ3v) is 2.76. The lowest BCUT2D eigenvalue weighted by Gasteiger charge is -2.10. The van der Waals surface area contributed by atoms with E-state index in [4.69, 9.17) is 5.73 Å². The van der Waals surface area contributed by atoms with Gasteiger partial charge in [-0.05, 0) is 25.5 Å². The monoisotopic (exact) mass is 259 g/mol. The number of aromatic amines is 1. The molecular formula is C13H17N5O. The Labute approximate surface area is 111 Å². The lowest BCUT2D eigenvalue weighted by molar-refractivity contribution is -0.117. The Kier molecular flexibility index (Phi) is 3.91. The molecule has 6 heteroatoms. The zero-order chi connectivity index (χ0) is 13.8. The smallest absolute Gasteiger partial charge is 0.241 e. The number of hydrogen-bond acceptors (Lipinski definition) is 4. The largest absolute Gasteiger partial charge is 0.325 e. The second kappa shape index (κ2) is 5.62. The molecule has 0 spiro atoms. The summed E-state index contributed by atoms with van der Waals surface area (Å²) in [5, 5.41) is 9.65. The van der Waals surface area contributed by atoms with Gasteiger partial charge in [0.15, 0.2) is 5.82 Å². The summed E-state index contributed by atoms with van der Waals surface area (Å²) in [7, 11) is 0. The van der Waals surface area contributed by atoms with Crippen LogP contribution in [0.4, 0.5) is 5.69 Å². The maximum Gasteiger partial charge on any atom is 0.241 e. The van der Waals surface area contributed by atoms with Gasteiger partial charge in [-0.2, -0.15) is 5.10 Å². The molecule has 0 saturated carbocycles. The van der Waals surface area contributed by atoms with Crippen LogP contribution in [0.2, 0.25) is 0 Å². The van der Waals surface area contributed by atoms with Crippen molar-refractivity contribution in [1.82, 2.24) is 15.2 Å². The first-order valence-corrected chi connectivity index (χ1v) is 6.16. The van der Waals surface area contributed by atoms with Gasteiger partial charge in [0.1, 0.15) is 5.82 Å². The Morgan fingerprint density at radius 2 is 2.32 bits per heavy atom. The molecular weight excluding hydrogens is 242 g/mol. The van der Waals surface area contributed by atoms with E-state index in [9.17, 15) is 4.79 Å². The SMILES string of the molecule is CCC(N)C(=O)Nc1cccc(-c2n[nH]c(C)n2)c1. The average molecular weight is 259 g/mol. The van der Waals surface area contributed by atoms with E-state index in [0.29, 0.717) is 17.9 Å². The summed E-state index contributed by atoms with van der Waals surface area (Å²) in [6.45, 7) is 3.71. The highest BCUT2D eigenvalue weighted by Crippen LogP contribution is 2.19. The Balaban J connectivity index is 2.18. The number of amides is 1. The van der Waals surface area contributed by atoms with Crippen LogP contribution in [-0.4, -0.2) is 27.1 Å². The molecule has 2 aromatic rings. The fourth-order valence-electron chi connectivity index (χ4n) is 1.63. The number of rotatable bonds is 4. The molecule has 6 nitrogen and oxygen atoms in total. The Bertz CT molecular complexity index is 578. The minimum Gasteiger partial charge on any atom is -0.325 e. The number of nitrogens with one attached hydrogen (secondary N) is 2. The van der Waals surface area contributed by atoms with E-state index >= 15 is 0 Å². The van der Waals surface area contributed by atoms with Crippen molar-refractivity contribution in [3.05, 3.63) is 30.1 Å².